The number of aromatic nitrogens is 1. The van der Waals surface area contributed by atoms with Crippen molar-refractivity contribution in [1.29, 1.82) is 0 Å². The van der Waals surface area contributed by atoms with Crippen LogP contribution in [0.1, 0.15) is 68.8 Å². The Labute approximate surface area is 188 Å². The molecular formula is C24H34N4O2S. The lowest BCUT2D eigenvalue weighted by Gasteiger charge is -2.45. The van der Waals surface area contributed by atoms with E-state index < -0.39 is 5.54 Å². The lowest BCUT2D eigenvalue weighted by molar-refractivity contribution is -0.133. The number of rotatable bonds is 5. The predicted molar refractivity (Wildman–Crippen MR) is 125 cm³/mol. The molecule has 2 amide bonds. The van der Waals surface area contributed by atoms with Gasteiger partial charge in [0.15, 0.2) is 0 Å². The van der Waals surface area contributed by atoms with E-state index in [1.165, 1.54) is 38.5 Å². The molecular weight excluding hydrogens is 408 g/mol. The highest BCUT2D eigenvalue weighted by atomic mass is 32.1. The van der Waals surface area contributed by atoms with Crippen molar-refractivity contribution < 1.29 is 9.59 Å². The average molecular weight is 443 g/mol. The Morgan fingerprint density at radius 2 is 1.87 bits per heavy atom. The Morgan fingerprint density at radius 3 is 2.61 bits per heavy atom. The van der Waals surface area contributed by atoms with Crippen LogP contribution in [0.3, 0.4) is 0 Å². The van der Waals surface area contributed by atoms with Crippen LogP contribution in [-0.2, 0) is 11.3 Å². The largest absolute Gasteiger partial charge is 0.351 e. The van der Waals surface area contributed by atoms with Gasteiger partial charge in [-0.25, -0.2) is 0 Å². The molecule has 1 N–H and O–H groups in total. The minimum Gasteiger partial charge on any atom is -0.351 e. The van der Waals surface area contributed by atoms with Gasteiger partial charge < -0.3 is 19.7 Å². The van der Waals surface area contributed by atoms with Crippen LogP contribution in [0.15, 0.2) is 17.5 Å². The third-order valence-electron chi connectivity index (χ3n) is 7.57. The number of likely N-dealkylation sites (tertiary alicyclic amines) is 1. The van der Waals surface area contributed by atoms with E-state index in [0.717, 1.165) is 48.4 Å². The van der Waals surface area contributed by atoms with E-state index in [1.807, 2.05) is 17.9 Å². The van der Waals surface area contributed by atoms with Gasteiger partial charge in [0.25, 0.3) is 5.91 Å². The van der Waals surface area contributed by atoms with Crippen molar-refractivity contribution >= 4 is 33.4 Å². The van der Waals surface area contributed by atoms with Crippen LogP contribution in [0.5, 0.6) is 0 Å². The summed E-state index contributed by atoms with van der Waals surface area (Å²) in [6, 6.07) is 4.31. The molecule has 0 spiro atoms. The summed E-state index contributed by atoms with van der Waals surface area (Å²) in [4.78, 5) is 31.7. The lowest BCUT2D eigenvalue weighted by atomic mass is 9.93. The molecule has 0 radical (unpaired) electrons. The summed E-state index contributed by atoms with van der Waals surface area (Å²) in [7, 11) is 0. The number of fused-ring (bicyclic) bond motifs is 3. The summed E-state index contributed by atoms with van der Waals surface area (Å²) in [6.07, 6.45) is 9.42. The second-order valence-corrected chi connectivity index (χ2v) is 10.7. The van der Waals surface area contributed by atoms with Gasteiger partial charge >= 0.3 is 0 Å². The molecule has 2 fully saturated rings. The van der Waals surface area contributed by atoms with Gasteiger partial charge in [0.05, 0.1) is 16.8 Å². The third-order valence-corrected chi connectivity index (χ3v) is 8.42. The van der Waals surface area contributed by atoms with Gasteiger partial charge in [-0.3, -0.25) is 9.59 Å². The van der Waals surface area contributed by atoms with E-state index in [0.29, 0.717) is 13.1 Å². The zero-order chi connectivity index (χ0) is 21.4. The molecule has 7 heteroatoms. The van der Waals surface area contributed by atoms with Gasteiger partial charge in [-0.15, -0.1) is 11.3 Å². The quantitative estimate of drug-likeness (QED) is 0.716. The van der Waals surface area contributed by atoms with Crippen molar-refractivity contribution in [1.82, 2.24) is 19.7 Å². The molecule has 1 unspecified atom stereocenters. The molecule has 1 atom stereocenters. The first-order chi connectivity index (χ1) is 15.1. The fraction of sp³-hybridized carbons (Fsp3) is 0.667. The Balaban J connectivity index is 1.43. The summed E-state index contributed by atoms with van der Waals surface area (Å²) < 4.78 is 3.20. The van der Waals surface area contributed by atoms with Gasteiger partial charge in [0, 0.05) is 19.1 Å². The van der Waals surface area contributed by atoms with E-state index in [9.17, 15) is 9.59 Å². The smallest absolute Gasteiger partial charge is 0.271 e. The number of carbonyl (C=O) groups is 2. The number of hydrogen-bond acceptors (Lipinski definition) is 4. The van der Waals surface area contributed by atoms with Gasteiger partial charge in [-0.05, 0) is 63.2 Å². The lowest BCUT2D eigenvalue weighted by Crippen LogP contribution is -2.65. The molecule has 1 saturated heterocycles. The molecule has 2 aromatic rings. The SMILES string of the molecule is CC1(C(=O)NC2CCCCCC2)Cn2c(cc3sccc32)C(=O)N1CCN1CCCC1. The summed E-state index contributed by atoms with van der Waals surface area (Å²) in [6.45, 7) is 6.13. The second kappa shape index (κ2) is 8.58. The first-order valence-corrected chi connectivity index (χ1v) is 12.9. The fourth-order valence-electron chi connectivity index (χ4n) is 5.64. The van der Waals surface area contributed by atoms with Crippen molar-refractivity contribution in [2.24, 2.45) is 0 Å². The van der Waals surface area contributed by atoms with Crippen molar-refractivity contribution in [2.75, 3.05) is 26.2 Å². The number of thiophene rings is 1. The van der Waals surface area contributed by atoms with Crippen molar-refractivity contribution in [3.8, 4) is 0 Å². The summed E-state index contributed by atoms with van der Waals surface area (Å²) in [5.74, 6) is 0.00395. The van der Waals surface area contributed by atoms with E-state index in [1.54, 1.807) is 11.3 Å². The Morgan fingerprint density at radius 1 is 1.13 bits per heavy atom. The van der Waals surface area contributed by atoms with E-state index in [-0.39, 0.29) is 17.9 Å². The molecule has 0 aromatic carbocycles. The number of amides is 2. The molecule has 5 rings (SSSR count). The Kier molecular flexibility index (Phi) is 5.82. The molecule has 2 aliphatic heterocycles. The van der Waals surface area contributed by atoms with Crippen LogP contribution in [-0.4, -0.2) is 63.9 Å². The zero-order valence-corrected chi connectivity index (χ0v) is 19.4. The maximum absolute atomic E-state index is 13.7. The molecule has 0 bridgehead atoms. The van der Waals surface area contributed by atoms with Crippen LogP contribution in [0.25, 0.3) is 10.2 Å². The predicted octanol–water partition coefficient (Wildman–Crippen LogP) is 3.85. The molecule has 3 aliphatic rings. The van der Waals surface area contributed by atoms with Gasteiger partial charge in [-0.1, -0.05) is 25.7 Å². The highest BCUT2D eigenvalue weighted by Crippen LogP contribution is 2.34. The van der Waals surface area contributed by atoms with Gasteiger partial charge in [0.1, 0.15) is 11.2 Å². The molecule has 1 aliphatic carbocycles. The average Bonchev–Trinajstić information content (AvgIpc) is 3.45. The standard InChI is InChI=1S/C24H34N4O2S/c1-24(23(30)25-18-8-4-2-3-5-9-18)17-27-19-10-15-31-21(19)16-20(27)22(29)28(24)14-13-26-11-6-7-12-26/h10,15-16,18H,2-9,11-14,17H2,1H3,(H,25,30). The van der Waals surface area contributed by atoms with Crippen LogP contribution in [0.4, 0.5) is 0 Å². The molecule has 6 nitrogen and oxygen atoms in total. The number of nitrogens with zero attached hydrogens (tertiary/aromatic N) is 3. The maximum Gasteiger partial charge on any atom is 0.271 e. The van der Waals surface area contributed by atoms with Crippen molar-refractivity contribution in [3.63, 3.8) is 0 Å². The maximum atomic E-state index is 13.7. The number of nitrogens with one attached hydrogen (secondary N) is 1. The summed E-state index contributed by atoms with van der Waals surface area (Å²) in [5.41, 5.74) is 0.924. The first kappa shape index (κ1) is 21.0. The van der Waals surface area contributed by atoms with Crippen LogP contribution < -0.4 is 5.32 Å². The Bertz CT molecular complexity index is 952. The van der Waals surface area contributed by atoms with Crippen LogP contribution in [0.2, 0.25) is 0 Å². The minimum absolute atomic E-state index is 0.00707. The topological polar surface area (TPSA) is 57.6 Å². The second-order valence-electron chi connectivity index (χ2n) is 9.73. The highest BCUT2D eigenvalue weighted by Gasteiger charge is 2.48. The monoisotopic (exact) mass is 442 g/mol. The molecule has 1 saturated carbocycles. The fourth-order valence-corrected chi connectivity index (χ4v) is 6.46. The Hall–Kier alpha value is -1.86. The van der Waals surface area contributed by atoms with E-state index >= 15 is 0 Å². The molecule has 2 aromatic heterocycles. The molecule has 168 valence electrons. The zero-order valence-electron chi connectivity index (χ0n) is 18.6. The van der Waals surface area contributed by atoms with Gasteiger partial charge in [-0.2, -0.15) is 0 Å². The van der Waals surface area contributed by atoms with Crippen molar-refractivity contribution in [2.45, 2.75) is 76.4 Å². The highest BCUT2D eigenvalue weighted by molar-refractivity contribution is 7.17. The first-order valence-electron chi connectivity index (χ1n) is 12.0. The summed E-state index contributed by atoms with van der Waals surface area (Å²) in [5, 5.41) is 5.42. The normalized spacial score (nSPS) is 25.7. The number of carbonyl (C=O) groups excluding carboxylic acids is 2. The minimum atomic E-state index is -0.871. The molecule has 4 heterocycles. The van der Waals surface area contributed by atoms with E-state index in [2.05, 4.69) is 26.2 Å². The number of hydrogen-bond donors (Lipinski definition) is 1. The van der Waals surface area contributed by atoms with Gasteiger partial charge in [0.2, 0.25) is 5.91 Å². The van der Waals surface area contributed by atoms with Crippen LogP contribution >= 0.6 is 11.3 Å². The summed E-state index contributed by atoms with van der Waals surface area (Å²) >= 11 is 1.66. The van der Waals surface area contributed by atoms with Crippen molar-refractivity contribution in [3.05, 3.63) is 23.2 Å². The molecule has 31 heavy (non-hydrogen) atoms. The van der Waals surface area contributed by atoms with Crippen LogP contribution in [0, 0.1) is 0 Å². The third kappa shape index (κ3) is 3.91. The van der Waals surface area contributed by atoms with E-state index in [4.69, 9.17) is 0 Å².